The standard InChI is InChI=1S/C17H23N3OS/c1-10-5-7-14(8-6-10)17-20-13(4)15(22-17)12(3)19-16(21)11(2)9-18/h5-8,11-12H,9,18H2,1-4H3,(H,19,21). The van der Waals surface area contributed by atoms with E-state index in [9.17, 15) is 4.79 Å². The highest BCUT2D eigenvalue weighted by molar-refractivity contribution is 7.15. The van der Waals surface area contributed by atoms with Crippen LogP contribution in [0.2, 0.25) is 0 Å². The summed E-state index contributed by atoms with van der Waals surface area (Å²) in [5, 5.41) is 4.00. The lowest BCUT2D eigenvalue weighted by Crippen LogP contribution is -2.34. The molecule has 2 rings (SSSR count). The van der Waals surface area contributed by atoms with Gasteiger partial charge in [0.1, 0.15) is 5.01 Å². The SMILES string of the molecule is Cc1ccc(-c2nc(C)c(C(C)NC(=O)C(C)CN)s2)cc1. The molecule has 1 aromatic heterocycles. The molecular formula is C17H23N3OS. The second kappa shape index (κ2) is 7.03. The number of rotatable bonds is 5. The largest absolute Gasteiger partial charge is 0.348 e. The van der Waals surface area contributed by atoms with Crippen molar-refractivity contribution in [3.8, 4) is 10.6 Å². The number of amides is 1. The molecular weight excluding hydrogens is 294 g/mol. The van der Waals surface area contributed by atoms with Gasteiger partial charge < -0.3 is 11.1 Å². The Morgan fingerprint density at radius 2 is 1.91 bits per heavy atom. The fourth-order valence-electron chi connectivity index (χ4n) is 2.16. The van der Waals surface area contributed by atoms with Gasteiger partial charge in [0.15, 0.2) is 0 Å². The molecule has 1 heterocycles. The van der Waals surface area contributed by atoms with E-state index < -0.39 is 0 Å². The van der Waals surface area contributed by atoms with E-state index in [1.807, 2.05) is 20.8 Å². The number of hydrogen-bond donors (Lipinski definition) is 2. The van der Waals surface area contributed by atoms with Gasteiger partial charge >= 0.3 is 0 Å². The molecule has 0 aliphatic rings. The van der Waals surface area contributed by atoms with Gasteiger partial charge in [-0.2, -0.15) is 0 Å². The maximum absolute atomic E-state index is 12.0. The Balaban J connectivity index is 2.19. The highest BCUT2D eigenvalue weighted by Gasteiger charge is 2.19. The van der Waals surface area contributed by atoms with Crippen LogP contribution in [0, 0.1) is 19.8 Å². The first-order valence-corrected chi connectivity index (χ1v) is 8.28. The Kier molecular flexibility index (Phi) is 5.32. The van der Waals surface area contributed by atoms with Crippen LogP contribution in [0.15, 0.2) is 24.3 Å². The number of thiazole rings is 1. The van der Waals surface area contributed by atoms with Crippen LogP contribution in [0.4, 0.5) is 0 Å². The first kappa shape index (κ1) is 16.6. The number of carbonyl (C=O) groups excluding carboxylic acids is 1. The predicted molar refractivity (Wildman–Crippen MR) is 91.8 cm³/mol. The molecule has 0 aliphatic carbocycles. The summed E-state index contributed by atoms with van der Waals surface area (Å²) in [4.78, 5) is 17.7. The lowest BCUT2D eigenvalue weighted by Gasteiger charge is -2.15. The van der Waals surface area contributed by atoms with Crippen LogP contribution in [0.3, 0.4) is 0 Å². The van der Waals surface area contributed by atoms with E-state index >= 15 is 0 Å². The van der Waals surface area contributed by atoms with Crippen molar-refractivity contribution in [2.45, 2.75) is 33.7 Å². The van der Waals surface area contributed by atoms with Gasteiger partial charge in [-0.25, -0.2) is 4.98 Å². The third kappa shape index (κ3) is 3.72. The summed E-state index contributed by atoms with van der Waals surface area (Å²) in [7, 11) is 0. The molecule has 5 heteroatoms. The van der Waals surface area contributed by atoms with Crippen molar-refractivity contribution in [3.05, 3.63) is 40.4 Å². The molecule has 0 fully saturated rings. The molecule has 2 unspecified atom stereocenters. The van der Waals surface area contributed by atoms with Crippen LogP contribution in [0.5, 0.6) is 0 Å². The predicted octanol–water partition coefficient (Wildman–Crippen LogP) is 3.20. The molecule has 118 valence electrons. The summed E-state index contributed by atoms with van der Waals surface area (Å²) in [6.45, 7) is 8.23. The zero-order valence-corrected chi connectivity index (χ0v) is 14.3. The summed E-state index contributed by atoms with van der Waals surface area (Å²) in [5.74, 6) is -0.188. The Morgan fingerprint density at radius 1 is 1.27 bits per heavy atom. The minimum absolute atomic E-state index is 0.0142. The summed E-state index contributed by atoms with van der Waals surface area (Å²) in [5.41, 5.74) is 8.85. The smallest absolute Gasteiger partial charge is 0.224 e. The lowest BCUT2D eigenvalue weighted by molar-refractivity contribution is -0.124. The molecule has 22 heavy (non-hydrogen) atoms. The second-order valence-corrected chi connectivity index (χ2v) is 6.73. The minimum Gasteiger partial charge on any atom is -0.348 e. The third-order valence-corrected chi connectivity index (χ3v) is 5.07. The fourth-order valence-corrected chi connectivity index (χ4v) is 3.23. The van der Waals surface area contributed by atoms with E-state index in [2.05, 4.69) is 41.5 Å². The van der Waals surface area contributed by atoms with Crippen LogP contribution in [-0.4, -0.2) is 17.4 Å². The number of nitrogens with two attached hydrogens (primary N) is 1. The first-order chi connectivity index (χ1) is 10.4. The highest BCUT2D eigenvalue weighted by Crippen LogP contribution is 2.31. The van der Waals surface area contributed by atoms with Gasteiger partial charge in [-0.1, -0.05) is 36.8 Å². The average Bonchev–Trinajstić information content (AvgIpc) is 2.89. The van der Waals surface area contributed by atoms with E-state index in [1.165, 1.54) is 5.56 Å². The molecule has 0 bridgehead atoms. The normalized spacial score (nSPS) is 13.7. The number of aryl methyl sites for hydroxylation is 2. The zero-order chi connectivity index (χ0) is 16.3. The van der Waals surface area contributed by atoms with Gasteiger partial charge in [0.25, 0.3) is 0 Å². The monoisotopic (exact) mass is 317 g/mol. The number of carbonyl (C=O) groups is 1. The fraction of sp³-hybridized carbons (Fsp3) is 0.412. The molecule has 1 aromatic carbocycles. The van der Waals surface area contributed by atoms with Gasteiger partial charge in [0.2, 0.25) is 5.91 Å². The van der Waals surface area contributed by atoms with E-state index in [0.717, 1.165) is 21.1 Å². The number of hydrogen-bond acceptors (Lipinski definition) is 4. The molecule has 2 atom stereocenters. The van der Waals surface area contributed by atoms with Crippen LogP contribution in [-0.2, 0) is 4.79 Å². The van der Waals surface area contributed by atoms with Crippen molar-refractivity contribution in [1.82, 2.24) is 10.3 Å². The number of benzene rings is 1. The number of nitrogens with one attached hydrogen (secondary N) is 1. The van der Waals surface area contributed by atoms with Crippen LogP contribution < -0.4 is 11.1 Å². The molecule has 0 radical (unpaired) electrons. The number of nitrogens with zero attached hydrogens (tertiary/aromatic N) is 1. The average molecular weight is 317 g/mol. The van der Waals surface area contributed by atoms with Crippen molar-refractivity contribution in [3.63, 3.8) is 0 Å². The summed E-state index contributed by atoms with van der Waals surface area (Å²) >= 11 is 1.63. The molecule has 0 aliphatic heterocycles. The Labute approximate surface area is 135 Å². The first-order valence-electron chi connectivity index (χ1n) is 7.47. The Morgan fingerprint density at radius 3 is 2.50 bits per heavy atom. The van der Waals surface area contributed by atoms with Crippen LogP contribution >= 0.6 is 11.3 Å². The van der Waals surface area contributed by atoms with Gasteiger partial charge in [0.05, 0.1) is 16.6 Å². The highest BCUT2D eigenvalue weighted by atomic mass is 32.1. The topological polar surface area (TPSA) is 68.0 Å². The van der Waals surface area contributed by atoms with Crippen LogP contribution in [0.25, 0.3) is 10.6 Å². The summed E-state index contributed by atoms with van der Waals surface area (Å²) in [6.07, 6.45) is 0. The lowest BCUT2D eigenvalue weighted by atomic mass is 10.1. The van der Waals surface area contributed by atoms with E-state index in [0.29, 0.717) is 6.54 Å². The zero-order valence-electron chi connectivity index (χ0n) is 13.5. The van der Waals surface area contributed by atoms with Crippen molar-refractivity contribution < 1.29 is 4.79 Å². The van der Waals surface area contributed by atoms with Gasteiger partial charge in [0, 0.05) is 18.0 Å². The number of aromatic nitrogens is 1. The molecule has 0 saturated carbocycles. The van der Waals surface area contributed by atoms with Crippen LogP contribution in [0.1, 0.15) is 36.0 Å². The van der Waals surface area contributed by atoms with Crippen molar-refractivity contribution in [2.75, 3.05) is 6.54 Å². The Bertz CT molecular complexity index is 648. The van der Waals surface area contributed by atoms with E-state index in [-0.39, 0.29) is 17.9 Å². The van der Waals surface area contributed by atoms with Crippen molar-refractivity contribution in [2.24, 2.45) is 11.7 Å². The van der Waals surface area contributed by atoms with Gasteiger partial charge in [-0.3, -0.25) is 4.79 Å². The second-order valence-electron chi connectivity index (χ2n) is 5.70. The maximum atomic E-state index is 12.0. The molecule has 3 N–H and O–H groups in total. The quantitative estimate of drug-likeness (QED) is 0.890. The Hall–Kier alpha value is -1.72. The molecule has 1 amide bonds. The summed E-state index contributed by atoms with van der Waals surface area (Å²) < 4.78 is 0. The third-order valence-electron chi connectivity index (χ3n) is 3.68. The van der Waals surface area contributed by atoms with E-state index in [1.54, 1.807) is 11.3 Å². The minimum atomic E-state index is -0.174. The van der Waals surface area contributed by atoms with Crippen molar-refractivity contribution in [1.29, 1.82) is 0 Å². The van der Waals surface area contributed by atoms with Crippen molar-refractivity contribution >= 4 is 17.2 Å². The van der Waals surface area contributed by atoms with Gasteiger partial charge in [-0.15, -0.1) is 11.3 Å². The van der Waals surface area contributed by atoms with Gasteiger partial charge in [-0.05, 0) is 20.8 Å². The maximum Gasteiger partial charge on any atom is 0.224 e. The molecule has 2 aromatic rings. The molecule has 4 nitrogen and oxygen atoms in total. The summed E-state index contributed by atoms with van der Waals surface area (Å²) in [6, 6.07) is 8.27. The van der Waals surface area contributed by atoms with E-state index in [4.69, 9.17) is 5.73 Å². The molecule has 0 spiro atoms. The molecule has 0 saturated heterocycles.